The van der Waals surface area contributed by atoms with Gasteiger partial charge in [-0.3, -0.25) is 0 Å². The Morgan fingerprint density at radius 2 is 1.50 bits per heavy atom. The van der Waals surface area contributed by atoms with Gasteiger partial charge >= 0.3 is 0 Å². The van der Waals surface area contributed by atoms with E-state index in [1.807, 2.05) is 13.0 Å². The Labute approximate surface area is 99.5 Å². The molecule has 1 aromatic carbocycles. The molecule has 0 aliphatic carbocycles. The largest absolute Gasteiger partial charge is 0.507 e. The molecule has 0 spiro atoms. The minimum atomic E-state index is -0.0497. The van der Waals surface area contributed by atoms with Gasteiger partial charge in [0.2, 0.25) is 0 Å². The molecule has 1 aromatic rings. The van der Waals surface area contributed by atoms with Gasteiger partial charge in [0.15, 0.2) is 0 Å². The van der Waals surface area contributed by atoms with E-state index in [9.17, 15) is 5.11 Å². The molecule has 0 aromatic heterocycles. The molecule has 0 aliphatic rings. The van der Waals surface area contributed by atoms with Crippen molar-refractivity contribution in [2.24, 2.45) is 0 Å². The lowest BCUT2D eigenvalue weighted by Gasteiger charge is -2.28. The fourth-order valence-corrected chi connectivity index (χ4v) is 2.12. The molecule has 1 nitrogen and oxygen atoms in total. The standard InChI is InChI=1S/C15H23O/c1-10-8-9-11(14(2,3)4)13(16)12(10)15(5,6)7/h9,16H,1-7H3. The first kappa shape index (κ1) is 13.1. The highest BCUT2D eigenvalue weighted by atomic mass is 16.3. The molecule has 1 rings (SSSR count). The zero-order chi connectivity index (χ0) is 12.7. The van der Waals surface area contributed by atoms with E-state index in [0.29, 0.717) is 5.75 Å². The van der Waals surface area contributed by atoms with Crippen LogP contribution in [0.25, 0.3) is 0 Å². The molecular formula is C15H23O. The van der Waals surface area contributed by atoms with Crippen molar-refractivity contribution in [3.63, 3.8) is 0 Å². The summed E-state index contributed by atoms with van der Waals surface area (Å²) in [6.45, 7) is 14.7. The SMILES string of the molecule is Cc1[c]cc(C(C)(C)C)c(O)c1C(C)(C)C. The van der Waals surface area contributed by atoms with Crippen LogP contribution in [-0.2, 0) is 10.8 Å². The third-order valence-electron chi connectivity index (χ3n) is 2.86. The summed E-state index contributed by atoms with van der Waals surface area (Å²) in [5.41, 5.74) is 2.93. The topological polar surface area (TPSA) is 20.2 Å². The molecule has 0 saturated carbocycles. The molecule has 0 unspecified atom stereocenters. The first-order valence-electron chi connectivity index (χ1n) is 5.80. The summed E-state index contributed by atoms with van der Waals surface area (Å²) in [6.07, 6.45) is 0. The van der Waals surface area contributed by atoms with Crippen molar-refractivity contribution in [1.29, 1.82) is 0 Å². The number of benzene rings is 1. The second-order valence-corrected chi connectivity index (χ2v) is 6.55. The second-order valence-electron chi connectivity index (χ2n) is 6.55. The zero-order valence-corrected chi connectivity index (χ0v) is 11.5. The molecule has 0 bridgehead atoms. The zero-order valence-electron chi connectivity index (χ0n) is 11.5. The van der Waals surface area contributed by atoms with Crippen molar-refractivity contribution in [3.05, 3.63) is 28.8 Å². The lowest BCUT2D eigenvalue weighted by molar-refractivity contribution is 0.422. The molecule has 1 radical (unpaired) electrons. The predicted octanol–water partition coefficient (Wildman–Crippen LogP) is 4.10. The minimum Gasteiger partial charge on any atom is -0.507 e. The highest BCUT2D eigenvalue weighted by molar-refractivity contribution is 5.50. The molecule has 0 saturated heterocycles. The van der Waals surface area contributed by atoms with Crippen molar-refractivity contribution in [2.45, 2.75) is 59.3 Å². The van der Waals surface area contributed by atoms with E-state index in [4.69, 9.17) is 0 Å². The number of aromatic hydroxyl groups is 1. The fourth-order valence-electron chi connectivity index (χ4n) is 2.12. The highest BCUT2D eigenvalue weighted by Gasteiger charge is 2.26. The summed E-state index contributed by atoms with van der Waals surface area (Å²) in [6, 6.07) is 5.18. The van der Waals surface area contributed by atoms with Gasteiger partial charge in [-0.05, 0) is 35.4 Å². The van der Waals surface area contributed by atoms with Crippen LogP contribution in [0.15, 0.2) is 6.07 Å². The van der Waals surface area contributed by atoms with E-state index in [0.717, 1.165) is 16.7 Å². The van der Waals surface area contributed by atoms with Gasteiger partial charge in [0, 0.05) is 11.1 Å². The lowest BCUT2D eigenvalue weighted by Crippen LogP contribution is -2.18. The van der Waals surface area contributed by atoms with Crippen molar-refractivity contribution in [2.75, 3.05) is 0 Å². The summed E-state index contributed by atoms with van der Waals surface area (Å²) < 4.78 is 0. The van der Waals surface area contributed by atoms with E-state index < -0.39 is 0 Å². The van der Waals surface area contributed by atoms with Crippen LogP contribution in [0, 0.1) is 13.0 Å². The molecule has 1 heteroatoms. The van der Waals surface area contributed by atoms with Gasteiger partial charge < -0.3 is 5.11 Å². The third-order valence-corrected chi connectivity index (χ3v) is 2.86. The summed E-state index contributed by atoms with van der Waals surface area (Å²) in [5, 5.41) is 10.4. The average molecular weight is 219 g/mol. The normalized spacial score (nSPS) is 12.9. The van der Waals surface area contributed by atoms with Crippen LogP contribution < -0.4 is 0 Å². The van der Waals surface area contributed by atoms with E-state index in [1.54, 1.807) is 0 Å². The Balaban J connectivity index is 3.52. The summed E-state index contributed by atoms with van der Waals surface area (Å²) in [7, 11) is 0. The van der Waals surface area contributed by atoms with Crippen LogP contribution in [0.2, 0.25) is 0 Å². The molecule has 16 heavy (non-hydrogen) atoms. The molecule has 0 aliphatic heterocycles. The highest BCUT2D eigenvalue weighted by Crippen LogP contribution is 2.40. The number of phenols is 1. The Morgan fingerprint density at radius 3 is 1.88 bits per heavy atom. The van der Waals surface area contributed by atoms with Gasteiger partial charge in [0.25, 0.3) is 0 Å². The van der Waals surface area contributed by atoms with Crippen LogP contribution >= 0.6 is 0 Å². The molecular weight excluding hydrogens is 196 g/mol. The number of hydrogen-bond donors (Lipinski definition) is 1. The number of hydrogen-bond acceptors (Lipinski definition) is 1. The maximum Gasteiger partial charge on any atom is 0.123 e. The van der Waals surface area contributed by atoms with Crippen LogP contribution in [0.3, 0.4) is 0 Å². The van der Waals surface area contributed by atoms with Gasteiger partial charge in [-0.15, -0.1) is 0 Å². The van der Waals surface area contributed by atoms with Crippen molar-refractivity contribution in [3.8, 4) is 5.75 Å². The fraction of sp³-hybridized carbons (Fsp3) is 0.600. The molecule has 0 atom stereocenters. The monoisotopic (exact) mass is 219 g/mol. The maximum atomic E-state index is 10.4. The molecule has 0 fully saturated rings. The average Bonchev–Trinajstić information content (AvgIpc) is 1.97. The second kappa shape index (κ2) is 3.80. The van der Waals surface area contributed by atoms with Gasteiger partial charge in [-0.1, -0.05) is 41.5 Å². The Bertz CT molecular complexity index is 389. The van der Waals surface area contributed by atoms with Gasteiger partial charge in [-0.25, -0.2) is 0 Å². The van der Waals surface area contributed by atoms with Gasteiger partial charge in [-0.2, -0.15) is 0 Å². The Kier molecular flexibility index (Phi) is 3.11. The van der Waals surface area contributed by atoms with Gasteiger partial charge in [0.1, 0.15) is 5.75 Å². The summed E-state index contributed by atoms with van der Waals surface area (Å²) >= 11 is 0. The van der Waals surface area contributed by atoms with E-state index in [-0.39, 0.29) is 10.8 Å². The maximum absolute atomic E-state index is 10.4. The quantitative estimate of drug-likeness (QED) is 0.696. The number of phenolic OH excluding ortho intramolecular Hbond substituents is 1. The van der Waals surface area contributed by atoms with Crippen molar-refractivity contribution >= 4 is 0 Å². The lowest BCUT2D eigenvalue weighted by atomic mass is 9.77. The summed E-state index contributed by atoms with van der Waals surface area (Å²) in [5.74, 6) is 0.441. The first-order chi connectivity index (χ1) is 7.05. The van der Waals surface area contributed by atoms with Crippen LogP contribution in [0.4, 0.5) is 0 Å². The van der Waals surface area contributed by atoms with Crippen LogP contribution in [0.1, 0.15) is 58.2 Å². The third kappa shape index (κ3) is 2.40. The van der Waals surface area contributed by atoms with Crippen LogP contribution in [-0.4, -0.2) is 5.11 Å². The first-order valence-corrected chi connectivity index (χ1v) is 5.80. The van der Waals surface area contributed by atoms with Crippen LogP contribution in [0.5, 0.6) is 5.75 Å². The predicted molar refractivity (Wildman–Crippen MR) is 69.1 cm³/mol. The molecule has 89 valence electrons. The molecule has 1 N–H and O–H groups in total. The Hall–Kier alpha value is -0.980. The Morgan fingerprint density at radius 1 is 1.00 bits per heavy atom. The molecule has 0 heterocycles. The van der Waals surface area contributed by atoms with Crippen molar-refractivity contribution < 1.29 is 5.11 Å². The van der Waals surface area contributed by atoms with Gasteiger partial charge in [0.05, 0.1) is 0 Å². The van der Waals surface area contributed by atoms with E-state index in [1.165, 1.54) is 0 Å². The number of aryl methyl sites for hydroxylation is 1. The number of rotatable bonds is 0. The smallest absolute Gasteiger partial charge is 0.123 e. The van der Waals surface area contributed by atoms with Crippen molar-refractivity contribution in [1.82, 2.24) is 0 Å². The van der Waals surface area contributed by atoms with E-state index in [2.05, 4.69) is 47.6 Å². The summed E-state index contributed by atoms with van der Waals surface area (Å²) in [4.78, 5) is 0. The van der Waals surface area contributed by atoms with E-state index >= 15 is 0 Å². The minimum absolute atomic E-state index is 0.0473. The molecule has 0 amide bonds.